The van der Waals surface area contributed by atoms with Crippen LogP contribution in [0.25, 0.3) is 0 Å². The van der Waals surface area contributed by atoms with Crippen LogP contribution in [0.5, 0.6) is 0 Å². The Labute approximate surface area is 111 Å². The van der Waals surface area contributed by atoms with Gasteiger partial charge in [0.1, 0.15) is 12.3 Å². The number of carbonyl (C=O) groups excluding carboxylic acids is 1. The van der Waals surface area contributed by atoms with Crippen LogP contribution in [-0.2, 0) is 9.53 Å². The third-order valence-electron chi connectivity index (χ3n) is 2.16. The second kappa shape index (κ2) is 6.67. The van der Waals surface area contributed by atoms with Crippen LogP contribution in [0.2, 0.25) is 5.02 Å². The molecule has 1 aromatic rings. The maximum Gasteiger partial charge on any atom is 0.269 e. The molecule has 4 nitrogen and oxygen atoms in total. The van der Waals surface area contributed by atoms with E-state index in [1.54, 1.807) is 31.2 Å². The highest BCUT2D eigenvalue weighted by atomic mass is 35.5. The van der Waals surface area contributed by atoms with E-state index in [0.717, 1.165) is 11.8 Å². The van der Waals surface area contributed by atoms with E-state index < -0.39 is 5.91 Å². The first kappa shape index (κ1) is 14.1. The molecule has 0 radical (unpaired) electrons. The molecule has 0 saturated heterocycles. The Hall–Kier alpha value is -1.99. The van der Waals surface area contributed by atoms with E-state index in [0.29, 0.717) is 17.3 Å². The van der Waals surface area contributed by atoms with E-state index in [1.807, 2.05) is 6.92 Å². The number of ether oxygens (including phenoxy) is 1. The summed E-state index contributed by atoms with van der Waals surface area (Å²) in [5, 5.41) is 11.9. The molecule has 0 atom stereocenters. The number of rotatable bonds is 4. The molecule has 0 heterocycles. The fraction of sp³-hybridized carbons (Fsp3) is 0.231. The lowest BCUT2D eigenvalue weighted by Crippen LogP contribution is -2.13. The van der Waals surface area contributed by atoms with Crippen molar-refractivity contribution >= 4 is 23.2 Å². The van der Waals surface area contributed by atoms with E-state index in [4.69, 9.17) is 21.6 Å². The monoisotopic (exact) mass is 264 g/mol. The summed E-state index contributed by atoms with van der Waals surface area (Å²) in [6, 6.07) is 6.91. The minimum absolute atomic E-state index is 0.0893. The Kier molecular flexibility index (Phi) is 5.22. The number of hydrogen-bond donors (Lipinski definition) is 1. The summed E-state index contributed by atoms with van der Waals surface area (Å²) < 4.78 is 4.92. The Morgan fingerprint density at radius 3 is 2.89 bits per heavy atom. The van der Waals surface area contributed by atoms with Crippen molar-refractivity contribution in [1.82, 2.24) is 0 Å². The maximum atomic E-state index is 11.7. The van der Waals surface area contributed by atoms with Crippen molar-refractivity contribution in [3.63, 3.8) is 0 Å². The van der Waals surface area contributed by atoms with Crippen LogP contribution < -0.4 is 5.32 Å². The van der Waals surface area contributed by atoms with Gasteiger partial charge in [0, 0.05) is 10.7 Å². The van der Waals surface area contributed by atoms with Gasteiger partial charge in [-0.15, -0.1) is 0 Å². The second-order valence-electron chi connectivity index (χ2n) is 3.52. The summed E-state index contributed by atoms with van der Waals surface area (Å²) >= 11 is 5.94. The summed E-state index contributed by atoms with van der Waals surface area (Å²) in [5.41, 5.74) is 1.36. The number of halogens is 1. The van der Waals surface area contributed by atoms with E-state index in [-0.39, 0.29) is 5.57 Å². The van der Waals surface area contributed by atoms with Crippen molar-refractivity contribution in [2.24, 2.45) is 0 Å². The zero-order valence-corrected chi connectivity index (χ0v) is 10.9. The molecule has 0 unspecified atom stereocenters. The third-order valence-corrected chi connectivity index (χ3v) is 2.57. The van der Waals surface area contributed by atoms with Crippen LogP contribution in [0.15, 0.2) is 30.0 Å². The van der Waals surface area contributed by atoms with E-state index in [2.05, 4.69) is 5.32 Å². The van der Waals surface area contributed by atoms with Gasteiger partial charge in [-0.1, -0.05) is 17.7 Å². The largest absolute Gasteiger partial charge is 0.500 e. The highest BCUT2D eigenvalue weighted by molar-refractivity contribution is 6.31. The average Bonchev–Trinajstić information content (AvgIpc) is 2.35. The number of nitrogens with zero attached hydrogens (tertiary/aromatic N) is 1. The molecule has 94 valence electrons. The topological polar surface area (TPSA) is 62.1 Å². The summed E-state index contributed by atoms with van der Waals surface area (Å²) in [6.45, 7) is 4.03. The van der Waals surface area contributed by atoms with Gasteiger partial charge in [-0.2, -0.15) is 5.26 Å². The Morgan fingerprint density at radius 1 is 1.61 bits per heavy atom. The van der Waals surface area contributed by atoms with Crippen molar-refractivity contribution in [2.75, 3.05) is 11.9 Å². The minimum Gasteiger partial charge on any atom is -0.500 e. The highest BCUT2D eigenvalue weighted by Gasteiger charge is 2.10. The molecular weight excluding hydrogens is 252 g/mol. The molecule has 1 rings (SSSR count). The van der Waals surface area contributed by atoms with E-state index in [9.17, 15) is 4.79 Å². The molecule has 5 heteroatoms. The van der Waals surface area contributed by atoms with Crippen molar-refractivity contribution in [1.29, 1.82) is 5.26 Å². The standard InChI is InChI=1S/C13H13ClN2O2/c1-3-18-8-10(7-15)13(17)16-11-5-4-9(2)12(14)6-11/h4-6,8H,3H2,1-2H3,(H,16,17). The lowest BCUT2D eigenvalue weighted by Gasteiger charge is -2.06. The van der Waals surface area contributed by atoms with Crippen LogP contribution in [0, 0.1) is 18.3 Å². The zero-order chi connectivity index (χ0) is 13.5. The first-order chi connectivity index (χ1) is 8.58. The number of aryl methyl sites for hydroxylation is 1. The Bertz CT molecular complexity index is 518. The third kappa shape index (κ3) is 3.79. The molecule has 0 aliphatic carbocycles. The first-order valence-corrected chi connectivity index (χ1v) is 5.75. The lowest BCUT2D eigenvalue weighted by atomic mass is 10.2. The molecule has 0 fully saturated rings. The fourth-order valence-corrected chi connectivity index (χ4v) is 1.35. The van der Waals surface area contributed by atoms with Crippen molar-refractivity contribution in [3.8, 4) is 6.07 Å². The van der Waals surface area contributed by atoms with Crippen molar-refractivity contribution in [3.05, 3.63) is 40.6 Å². The van der Waals surface area contributed by atoms with Crippen molar-refractivity contribution in [2.45, 2.75) is 13.8 Å². The normalized spacial score (nSPS) is 10.7. The predicted octanol–water partition coefficient (Wildman–Crippen LogP) is 3.03. The van der Waals surface area contributed by atoms with Crippen LogP contribution in [0.4, 0.5) is 5.69 Å². The molecule has 1 amide bonds. The zero-order valence-electron chi connectivity index (χ0n) is 10.2. The maximum absolute atomic E-state index is 11.7. The molecule has 18 heavy (non-hydrogen) atoms. The predicted molar refractivity (Wildman–Crippen MR) is 70.1 cm³/mol. The molecule has 0 bridgehead atoms. The van der Waals surface area contributed by atoms with Gasteiger partial charge in [0.25, 0.3) is 5.91 Å². The van der Waals surface area contributed by atoms with Gasteiger partial charge < -0.3 is 10.1 Å². The molecule has 1 aromatic carbocycles. The first-order valence-electron chi connectivity index (χ1n) is 5.37. The number of nitriles is 1. The Morgan fingerprint density at radius 2 is 2.33 bits per heavy atom. The Balaban J connectivity index is 2.81. The second-order valence-corrected chi connectivity index (χ2v) is 3.92. The summed E-state index contributed by atoms with van der Waals surface area (Å²) in [7, 11) is 0. The van der Waals surface area contributed by atoms with Crippen LogP contribution in [0.1, 0.15) is 12.5 Å². The van der Waals surface area contributed by atoms with Gasteiger partial charge in [-0.25, -0.2) is 0 Å². The highest BCUT2D eigenvalue weighted by Crippen LogP contribution is 2.20. The number of nitrogens with one attached hydrogen (secondary N) is 1. The SMILES string of the molecule is CCOC=C(C#N)C(=O)Nc1ccc(C)c(Cl)c1. The molecule has 0 aliphatic rings. The number of carbonyl (C=O) groups is 1. The fourth-order valence-electron chi connectivity index (χ4n) is 1.17. The number of anilines is 1. The number of hydrogen-bond acceptors (Lipinski definition) is 3. The van der Waals surface area contributed by atoms with Crippen LogP contribution in [0.3, 0.4) is 0 Å². The smallest absolute Gasteiger partial charge is 0.269 e. The van der Waals surface area contributed by atoms with Gasteiger partial charge in [0.15, 0.2) is 5.57 Å². The summed E-state index contributed by atoms with van der Waals surface area (Å²) in [4.78, 5) is 11.7. The molecule has 0 aromatic heterocycles. The van der Waals surface area contributed by atoms with E-state index >= 15 is 0 Å². The molecule has 0 aliphatic heterocycles. The van der Waals surface area contributed by atoms with Crippen LogP contribution in [-0.4, -0.2) is 12.5 Å². The average molecular weight is 265 g/mol. The minimum atomic E-state index is -0.522. The summed E-state index contributed by atoms with van der Waals surface area (Å²) in [5.74, 6) is -0.522. The van der Waals surface area contributed by atoms with Crippen molar-refractivity contribution < 1.29 is 9.53 Å². The van der Waals surface area contributed by atoms with Gasteiger partial charge in [0.05, 0.1) is 6.61 Å². The van der Waals surface area contributed by atoms with Gasteiger partial charge in [0.2, 0.25) is 0 Å². The van der Waals surface area contributed by atoms with E-state index in [1.165, 1.54) is 0 Å². The number of benzene rings is 1. The van der Waals surface area contributed by atoms with Gasteiger partial charge >= 0.3 is 0 Å². The molecular formula is C13H13ClN2O2. The number of amides is 1. The quantitative estimate of drug-likeness (QED) is 0.516. The van der Waals surface area contributed by atoms with Crippen LogP contribution >= 0.6 is 11.6 Å². The molecule has 0 spiro atoms. The van der Waals surface area contributed by atoms with Gasteiger partial charge in [-0.05, 0) is 31.5 Å². The summed E-state index contributed by atoms with van der Waals surface area (Å²) in [6.07, 6.45) is 1.14. The molecule has 1 N–H and O–H groups in total. The van der Waals surface area contributed by atoms with Gasteiger partial charge in [-0.3, -0.25) is 4.79 Å². The lowest BCUT2D eigenvalue weighted by molar-refractivity contribution is -0.112. The molecule has 0 saturated carbocycles.